The first-order valence-corrected chi connectivity index (χ1v) is 10.2. The maximum absolute atomic E-state index is 11.4. The van der Waals surface area contributed by atoms with E-state index >= 15 is 0 Å². The van der Waals surface area contributed by atoms with Crippen molar-refractivity contribution >= 4 is 5.91 Å². The minimum Gasteiger partial charge on any atom is -0.369 e. The molecule has 0 unspecified atom stereocenters. The summed E-state index contributed by atoms with van der Waals surface area (Å²) in [6, 6.07) is 9.23. The molecule has 0 saturated heterocycles. The Hall–Kier alpha value is -2.21. The van der Waals surface area contributed by atoms with Crippen molar-refractivity contribution in [2.45, 2.75) is 70.5 Å². The van der Waals surface area contributed by atoms with Crippen LogP contribution in [0.5, 0.6) is 0 Å². The lowest BCUT2D eigenvalue weighted by atomic mass is 9.95. The van der Waals surface area contributed by atoms with Crippen molar-refractivity contribution in [2.24, 2.45) is 5.73 Å². The monoisotopic (exact) mass is 367 g/mol. The first-order valence-electron chi connectivity index (χ1n) is 10.2. The Morgan fingerprint density at radius 3 is 2.70 bits per heavy atom. The molecule has 1 saturated carbocycles. The third-order valence-corrected chi connectivity index (χ3v) is 6.04. The van der Waals surface area contributed by atoms with Crippen LogP contribution in [0.1, 0.15) is 73.9 Å². The fraction of sp³-hybridized carbons (Fsp3) is 0.571. The van der Waals surface area contributed by atoms with Crippen molar-refractivity contribution in [3.63, 3.8) is 0 Å². The van der Waals surface area contributed by atoms with Gasteiger partial charge in [0.15, 0.2) is 5.82 Å². The molecule has 0 bridgehead atoms. The molecule has 2 heterocycles. The Bertz CT molecular complexity index is 809. The van der Waals surface area contributed by atoms with Crippen molar-refractivity contribution in [2.75, 3.05) is 6.54 Å². The number of hydrogen-bond acceptors (Lipinski definition) is 4. The van der Waals surface area contributed by atoms with Gasteiger partial charge in [0.1, 0.15) is 5.82 Å². The molecule has 1 fully saturated rings. The molecule has 0 radical (unpaired) electrons. The van der Waals surface area contributed by atoms with Gasteiger partial charge in [0.05, 0.1) is 18.5 Å². The number of nitrogens with zero attached hydrogens (tertiary/aromatic N) is 4. The van der Waals surface area contributed by atoms with E-state index in [-0.39, 0.29) is 18.4 Å². The van der Waals surface area contributed by atoms with Crippen LogP contribution >= 0.6 is 0 Å². The summed E-state index contributed by atoms with van der Waals surface area (Å²) in [5.74, 6) is 1.17. The smallest absolute Gasteiger partial charge is 0.225 e. The van der Waals surface area contributed by atoms with Gasteiger partial charge in [0, 0.05) is 13.1 Å². The van der Waals surface area contributed by atoms with Crippen LogP contribution in [0.2, 0.25) is 0 Å². The van der Waals surface area contributed by atoms with E-state index in [2.05, 4.69) is 40.8 Å². The average Bonchev–Trinajstić information content (AvgIpc) is 3.10. The molecule has 2 N–H and O–H groups in total. The second kappa shape index (κ2) is 7.80. The summed E-state index contributed by atoms with van der Waals surface area (Å²) in [6.45, 7) is 4.16. The molecule has 27 heavy (non-hydrogen) atoms. The van der Waals surface area contributed by atoms with E-state index in [4.69, 9.17) is 15.8 Å². The number of nitrogens with two attached hydrogens (primary N) is 1. The van der Waals surface area contributed by atoms with Crippen LogP contribution in [0.3, 0.4) is 0 Å². The van der Waals surface area contributed by atoms with E-state index < -0.39 is 0 Å². The molecule has 2 aliphatic rings. The van der Waals surface area contributed by atoms with Gasteiger partial charge in [-0.1, -0.05) is 43.5 Å². The Kier molecular flexibility index (Phi) is 5.25. The summed E-state index contributed by atoms with van der Waals surface area (Å²) in [7, 11) is 0. The van der Waals surface area contributed by atoms with Crippen molar-refractivity contribution in [3.8, 4) is 0 Å². The lowest BCUT2D eigenvalue weighted by Crippen LogP contribution is -2.34. The Morgan fingerprint density at radius 1 is 1.22 bits per heavy atom. The molecule has 1 atom stereocenters. The zero-order valence-corrected chi connectivity index (χ0v) is 16.1. The largest absolute Gasteiger partial charge is 0.369 e. The summed E-state index contributed by atoms with van der Waals surface area (Å²) < 4.78 is 2.11. The third-order valence-electron chi connectivity index (χ3n) is 6.04. The molecule has 144 valence electrons. The van der Waals surface area contributed by atoms with E-state index in [9.17, 15) is 4.79 Å². The van der Waals surface area contributed by atoms with Crippen molar-refractivity contribution in [1.82, 2.24) is 19.7 Å². The zero-order valence-electron chi connectivity index (χ0n) is 16.1. The van der Waals surface area contributed by atoms with E-state index in [0.29, 0.717) is 11.9 Å². The molecule has 6 heteroatoms. The number of benzene rings is 1. The topological polar surface area (TPSA) is 77.0 Å². The van der Waals surface area contributed by atoms with Gasteiger partial charge in [-0.2, -0.15) is 5.10 Å². The van der Waals surface area contributed by atoms with Crippen molar-refractivity contribution in [3.05, 3.63) is 47.0 Å². The molecule has 4 rings (SSSR count). The van der Waals surface area contributed by atoms with E-state index in [0.717, 1.165) is 38.2 Å². The number of aromatic nitrogens is 3. The van der Waals surface area contributed by atoms with Crippen LogP contribution in [0.25, 0.3) is 0 Å². The number of carbonyl (C=O) groups is 1. The fourth-order valence-electron chi connectivity index (χ4n) is 4.50. The molecule has 1 aromatic carbocycles. The van der Waals surface area contributed by atoms with Gasteiger partial charge in [-0.25, -0.2) is 9.67 Å². The second-order valence-electron chi connectivity index (χ2n) is 7.93. The van der Waals surface area contributed by atoms with Gasteiger partial charge < -0.3 is 5.73 Å². The Balaban J connectivity index is 1.61. The van der Waals surface area contributed by atoms with Gasteiger partial charge in [0.25, 0.3) is 0 Å². The van der Waals surface area contributed by atoms with Gasteiger partial charge in [0.2, 0.25) is 5.91 Å². The molecular weight excluding hydrogens is 338 g/mol. The summed E-state index contributed by atoms with van der Waals surface area (Å²) in [5, 5.41) is 4.71. The minimum absolute atomic E-state index is 0.113. The predicted octanol–water partition coefficient (Wildman–Crippen LogP) is 2.93. The molecule has 1 aliphatic heterocycles. The maximum atomic E-state index is 11.4. The van der Waals surface area contributed by atoms with Gasteiger partial charge in [-0.15, -0.1) is 0 Å². The second-order valence-corrected chi connectivity index (χ2v) is 7.93. The van der Waals surface area contributed by atoms with Gasteiger partial charge in [-0.05, 0) is 37.3 Å². The third kappa shape index (κ3) is 3.90. The average molecular weight is 367 g/mol. The number of fused-ring (bicyclic) bond motifs is 1. The van der Waals surface area contributed by atoms with E-state index in [1.54, 1.807) is 0 Å². The number of amides is 1. The molecule has 1 aromatic heterocycles. The maximum Gasteiger partial charge on any atom is 0.225 e. The highest BCUT2D eigenvalue weighted by Crippen LogP contribution is 2.32. The van der Waals surface area contributed by atoms with Crippen LogP contribution in [0.15, 0.2) is 24.3 Å². The fourth-order valence-corrected chi connectivity index (χ4v) is 4.50. The first kappa shape index (κ1) is 18.2. The van der Waals surface area contributed by atoms with Crippen molar-refractivity contribution in [1.29, 1.82) is 0 Å². The summed E-state index contributed by atoms with van der Waals surface area (Å²) in [5.41, 5.74) is 8.24. The molecule has 1 amide bonds. The summed E-state index contributed by atoms with van der Waals surface area (Å²) >= 11 is 0. The lowest BCUT2D eigenvalue weighted by molar-refractivity contribution is -0.117. The van der Waals surface area contributed by atoms with E-state index in [1.807, 2.05) is 0 Å². The number of rotatable bonds is 5. The highest BCUT2D eigenvalue weighted by molar-refractivity contribution is 5.75. The van der Waals surface area contributed by atoms with Gasteiger partial charge in [-0.3, -0.25) is 9.69 Å². The minimum atomic E-state index is -0.373. The first-order chi connectivity index (χ1) is 13.1. The molecule has 0 spiro atoms. The highest BCUT2D eigenvalue weighted by Gasteiger charge is 2.29. The highest BCUT2D eigenvalue weighted by atomic mass is 16.1. The SMILES string of the molecule is C[C@H](c1nc(CC(N)=O)nn1C1CCCCC1)N1CCc2ccccc2C1. The normalized spacial score (nSPS) is 19.6. The van der Waals surface area contributed by atoms with Crippen LogP contribution in [0, 0.1) is 0 Å². The summed E-state index contributed by atoms with van der Waals surface area (Å²) in [4.78, 5) is 18.6. The number of hydrogen-bond donors (Lipinski definition) is 1. The zero-order chi connectivity index (χ0) is 18.8. The quantitative estimate of drug-likeness (QED) is 0.881. The van der Waals surface area contributed by atoms with Crippen LogP contribution in [0.4, 0.5) is 0 Å². The van der Waals surface area contributed by atoms with Crippen LogP contribution in [-0.2, 0) is 24.2 Å². The Labute approximate surface area is 160 Å². The number of primary amides is 1. The summed E-state index contributed by atoms with van der Waals surface area (Å²) in [6.07, 6.45) is 7.23. The Morgan fingerprint density at radius 2 is 1.96 bits per heavy atom. The molecular formula is C21H29N5O. The molecule has 6 nitrogen and oxygen atoms in total. The van der Waals surface area contributed by atoms with E-state index in [1.165, 1.54) is 30.4 Å². The molecule has 1 aliphatic carbocycles. The van der Waals surface area contributed by atoms with Crippen LogP contribution < -0.4 is 5.73 Å². The molecule has 2 aromatic rings. The van der Waals surface area contributed by atoms with Gasteiger partial charge >= 0.3 is 0 Å². The van der Waals surface area contributed by atoms with Crippen molar-refractivity contribution < 1.29 is 4.79 Å². The lowest BCUT2D eigenvalue weighted by Gasteiger charge is -2.34. The van der Waals surface area contributed by atoms with Crippen LogP contribution in [-0.4, -0.2) is 32.1 Å². The predicted molar refractivity (Wildman–Crippen MR) is 104 cm³/mol. The number of carbonyl (C=O) groups excluding carboxylic acids is 1. The standard InChI is InChI=1S/C21H29N5O/c1-15(25-12-11-16-7-5-6-8-17(16)14-25)21-23-20(13-19(22)27)24-26(21)18-9-3-2-4-10-18/h5-8,15,18H,2-4,9-14H2,1H3,(H2,22,27)/t15-/m1/s1.